The second-order valence-electron chi connectivity index (χ2n) is 5.96. The molecule has 26 heavy (non-hydrogen) atoms. The van der Waals surface area contributed by atoms with Gasteiger partial charge in [0, 0.05) is 24.6 Å². The first kappa shape index (κ1) is 19.8. The molecule has 0 fully saturated rings. The molecule has 5 nitrogen and oxygen atoms in total. The second-order valence-corrected chi connectivity index (χ2v) is 6.98. The molecule has 0 heterocycles. The highest BCUT2D eigenvalue weighted by Crippen LogP contribution is 2.25. The minimum absolute atomic E-state index is 0.0114. The Kier molecular flexibility index (Phi) is 7.09. The number of rotatable bonds is 7. The molecule has 0 saturated carbocycles. The lowest BCUT2D eigenvalue weighted by Gasteiger charge is -2.13. The molecule has 0 bridgehead atoms. The molecule has 0 aromatic heterocycles. The van der Waals surface area contributed by atoms with Crippen molar-refractivity contribution < 1.29 is 19.1 Å². The van der Waals surface area contributed by atoms with Crippen LogP contribution in [0.3, 0.4) is 0 Å². The topological polar surface area (TPSA) is 55.8 Å². The van der Waals surface area contributed by atoms with Crippen LogP contribution in [0, 0.1) is 6.92 Å². The van der Waals surface area contributed by atoms with Gasteiger partial charge in [-0.1, -0.05) is 23.8 Å². The maximum absolute atomic E-state index is 12.5. The van der Waals surface area contributed by atoms with Crippen LogP contribution >= 0.6 is 11.8 Å². The lowest BCUT2D eigenvalue weighted by Crippen LogP contribution is -2.23. The van der Waals surface area contributed by atoms with Crippen LogP contribution in [-0.4, -0.2) is 43.7 Å². The van der Waals surface area contributed by atoms with Gasteiger partial charge in [0.15, 0.2) is 0 Å². The van der Waals surface area contributed by atoms with Crippen molar-refractivity contribution in [3.05, 3.63) is 59.2 Å². The number of thioether (sulfide) groups is 1. The van der Waals surface area contributed by atoms with E-state index >= 15 is 0 Å². The second kappa shape index (κ2) is 9.29. The Hall–Kier alpha value is -2.47. The van der Waals surface area contributed by atoms with E-state index in [-0.39, 0.29) is 18.3 Å². The highest BCUT2D eigenvalue weighted by molar-refractivity contribution is 8.00. The van der Waals surface area contributed by atoms with E-state index in [0.29, 0.717) is 11.3 Å². The summed E-state index contributed by atoms with van der Waals surface area (Å²) in [4.78, 5) is 26.6. The van der Waals surface area contributed by atoms with E-state index in [0.717, 1.165) is 16.0 Å². The van der Waals surface area contributed by atoms with Gasteiger partial charge in [-0.05, 0) is 31.2 Å². The van der Waals surface area contributed by atoms with E-state index in [1.165, 1.54) is 16.7 Å². The van der Waals surface area contributed by atoms with Crippen LogP contribution in [0.5, 0.6) is 5.75 Å². The lowest BCUT2D eigenvalue weighted by molar-refractivity contribution is -0.125. The number of carbonyl (C=O) groups excluding carboxylic acids is 2. The number of benzene rings is 2. The number of amides is 1. The Morgan fingerprint density at radius 2 is 1.85 bits per heavy atom. The van der Waals surface area contributed by atoms with Gasteiger partial charge in [0.2, 0.25) is 5.91 Å². The average molecular weight is 373 g/mol. The number of ether oxygens (including phenoxy) is 2. The number of hydrogen-bond acceptors (Lipinski definition) is 5. The molecule has 138 valence electrons. The van der Waals surface area contributed by atoms with E-state index in [9.17, 15) is 9.59 Å². The van der Waals surface area contributed by atoms with Crippen molar-refractivity contribution in [2.24, 2.45) is 0 Å². The molecule has 2 aromatic rings. The fourth-order valence-corrected chi connectivity index (χ4v) is 3.29. The van der Waals surface area contributed by atoms with Gasteiger partial charge in [-0.25, -0.2) is 4.79 Å². The molecule has 0 aliphatic rings. The smallest absolute Gasteiger partial charge is 0.339 e. The SMILES string of the molecule is COc1ccc(C)cc1COC(=O)c1ccccc1SCC(=O)N(C)C. The fourth-order valence-electron chi connectivity index (χ4n) is 2.27. The van der Waals surface area contributed by atoms with Crippen molar-refractivity contribution in [2.75, 3.05) is 27.0 Å². The number of nitrogens with zero attached hydrogens (tertiary/aromatic N) is 1. The van der Waals surface area contributed by atoms with E-state index in [1.54, 1.807) is 33.3 Å². The largest absolute Gasteiger partial charge is 0.496 e. The number of esters is 1. The molecule has 0 radical (unpaired) electrons. The molecular weight excluding hydrogens is 350 g/mol. The molecule has 0 N–H and O–H groups in total. The summed E-state index contributed by atoms with van der Waals surface area (Å²) in [6.07, 6.45) is 0. The summed E-state index contributed by atoms with van der Waals surface area (Å²) in [5.41, 5.74) is 2.33. The van der Waals surface area contributed by atoms with Crippen LogP contribution in [0.25, 0.3) is 0 Å². The Morgan fingerprint density at radius 1 is 1.12 bits per heavy atom. The van der Waals surface area contributed by atoms with Crippen LogP contribution < -0.4 is 4.74 Å². The van der Waals surface area contributed by atoms with Crippen molar-refractivity contribution in [1.29, 1.82) is 0 Å². The van der Waals surface area contributed by atoms with E-state index < -0.39 is 5.97 Å². The van der Waals surface area contributed by atoms with Gasteiger partial charge in [-0.15, -0.1) is 11.8 Å². The molecule has 2 aromatic carbocycles. The summed E-state index contributed by atoms with van der Waals surface area (Å²) in [5, 5.41) is 0. The minimum Gasteiger partial charge on any atom is -0.496 e. The molecule has 1 amide bonds. The molecule has 0 aliphatic carbocycles. The highest BCUT2D eigenvalue weighted by atomic mass is 32.2. The Morgan fingerprint density at radius 3 is 2.54 bits per heavy atom. The predicted molar refractivity (Wildman–Crippen MR) is 103 cm³/mol. The molecule has 0 unspecified atom stereocenters. The molecule has 6 heteroatoms. The first-order chi connectivity index (χ1) is 12.4. The van der Waals surface area contributed by atoms with Gasteiger partial charge >= 0.3 is 5.97 Å². The average Bonchev–Trinajstić information content (AvgIpc) is 2.64. The summed E-state index contributed by atoms with van der Waals surface area (Å²) in [6.45, 7) is 2.10. The number of hydrogen-bond donors (Lipinski definition) is 0. The zero-order chi connectivity index (χ0) is 19.1. The number of aryl methyl sites for hydroxylation is 1. The lowest BCUT2D eigenvalue weighted by atomic mass is 10.1. The van der Waals surface area contributed by atoms with Crippen molar-refractivity contribution in [3.63, 3.8) is 0 Å². The maximum Gasteiger partial charge on any atom is 0.339 e. The summed E-state index contributed by atoms with van der Waals surface area (Å²) < 4.78 is 10.8. The van der Waals surface area contributed by atoms with Crippen LogP contribution in [0.4, 0.5) is 0 Å². The Bertz CT molecular complexity index is 789. The first-order valence-corrected chi connectivity index (χ1v) is 9.13. The monoisotopic (exact) mass is 373 g/mol. The zero-order valence-corrected chi connectivity index (χ0v) is 16.3. The van der Waals surface area contributed by atoms with E-state index in [4.69, 9.17) is 9.47 Å². The third-order valence-electron chi connectivity index (χ3n) is 3.75. The maximum atomic E-state index is 12.5. The Balaban J connectivity index is 2.08. The van der Waals surface area contributed by atoms with Gasteiger partial charge in [0.25, 0.3) is 0 Å². The van der Waals surface area contributed by atoms with Crippen molar-refractivity contribution in [3.8, 4) is 5.75 Å². The third-order valence-corrected chi connectivity index (χ3v) is 4.81. The molecule has 0 atom stereocenters. The van der Waals surface area contributed by atoms with Gasteiger partial charge in [-0.2, -0.15) is 0 Å². The van der Waals surface area contributed by atoms with Crippen molar-refractivity contribution in [2.45, 2.75) is 18.4 Å². The molecule has 0 saturated heterocycles. The summed E-state index contributed by atoms with van der Waals surface area (Å²) >= 11 is 1.33. The predicted octanol–water partition coefficient (Wildman–Crippen LogP) is 3.54. The fraction of sp³-hybridized carbons (Fsp3) is 0.300. The summed E-state index contributed by atoms with van der Waals surface area (Å²) in [7, 11) is 5.00. The normalized spacial score (nSPS) is 10.3. The highest BCUT2D eigenvalue weighted by Gasteiger charge is 2.15. The number of methoxy groups -OCH3 is 1. The van der Waals surface area contributed by atoms with Gasteiger partial charge in [0.05, 0.1) is 18.4 Å². The molecule has 0 spiro atoms. The number of carbonyl (C=O) groups is 2. The van der Waals surface area contributed by atoms with Gasteiger partial charge in [0.1, 0.15) is 12.4 Å². The van der Waals surface area contributed by atoms with Crippen molar-refractivity contribution >= 4 is 23.6 Å². The minimum atomic E-state index is -0.422. The van der Waals surface area contributed by atoms with E-state index in [1.807, 2.05) is 37.3 Å². The van der Waals surface area contributed by atoms with Gasteiger partial charge < -0.3 is 14.4 Å². The quantitative estimate of drug-likeness (QED) is 0.549. The Labute approximate surface area is 158 Å². The van der Waals surface area contributed by atoms with Crippen LogP contribution in [-0.2, 0) is 16.1 Å². The van der Waals surface area contributed by atoms with Gasteiger partial charge in [-0.3, -0.25) is 4.79 Å². The first-order valence-electron chi connectivity index (χ1n) is 8.15. The molecule has 0 aliphatic heterocycles. The zero-order valence-electron chi connectivity index (χ0n) is 15.4. The third kappa shape index (κ3) is 5.26. The standard InChI is InChI=1S/C20H23NO4S/c1-14-9-10-17(24-4)15(11-14)12-25-20(23)16-7-5-6-8-18(16)26-13-19(22)21(2)3/h5-11H,12-13H2,1-4H3. The van der Waals surface area contributed by atoms with Crippen LogP contribution in [0.1, 0.15) is 21.5 Å². The van der Waals surface area contributed by atoms with Crippen LogP contribution in [0.2, 0.25) is 0 Å². The summed E-state index contributed by atoms with van der Waals surface area (Å²) in [6, 6.07) is 12.9. The molecule has 2 rings (SSSR count). The summed E-state index contributed by atoms with van der Waals surface area (Å²) in [5.74, 6) is 0.516. The van der Waals surface area contributed by atoms with E-state index in [2.05, 4.69) is 0 Å². The van der Waals surface area contributed by atoms with Crippen molar-refractivity contribution in [1.82, 2.24) is 4.90 Å². The van der Waals surface area contributed by atoms with Crippen LogP contribution in [0.15, 0.2) is 47.4 Å². The molecular formula is C20H23NO4S.